The van der Waals surface area contributed by atoms with Gasteiger partial charge >= 0.3 is 6.03 Å². The van der Waals surface area contributed by atoms with Gasteiger partial charge in [-0.2, -0.15) is 4.98 Å². The van der Waals surface area contributed by atoms with Gasteiger partial charge in [0.05, 0.1) is 6.54 Å². The van der Waals surface area contributed by atoms with Crippen molar-refractivity contribution in [2.45, 2.75) is 19.9 Å². The third-order valence-electron chi connectivity index (χ3n) is 3.60. The van der Waals surface area contributed by atoms with Crippen LogP contribution in [0.1, 0.15) is 17.6 Å². The van der Waals surface area contributed by atoms with Gasteiger partial charge in [-0.1, -0.05) is 25.1 Å². The van der Waals surface area contributed by atoms with E-state index in [1.54, 1.807) is 28.0 Å². The first-order valence-corrected chi connectivity index (χ1v) is 8.28. The lowest BCUT2D eigenvalue weighted by Gasteiger charge is -2.15. The Morgan fingerprint density at radius 1 is 1.39 bits per heavy atom. The van der Waals surface area contributed by atoms with Crippen LogP contribution in [0.15, 0.2) is 30.3 Å². The molecular weight excluding hydrogens is 310 g/mol. The monoisotopic (exact) mass is 329 g/mol. The van der Waals surface area contributed by atoms with E-state index in [2.05, 4.69) is 33.6 Å². The van der Waals surface area contributed by atoms with Crippen molar-refractivity contribution in [3.05, 3.63) is 41.0 Å². The van der Waals surface area contributed by atoms with Crippen molar-refractivity contribution in [3.63, 3.8) is 0 Å². The molecule has 1 aromatic carbocycles. The molecule has 0 atom stereocenters. The van der Waals surface area contributed by atoms with Crippen LogP contribution in [0.5, 0.6) is 0 Å². The molecule has 0 aliphatic carbocycles. The number of hydrogen-bond donors (Lipinski definition) is 1. The molecule has 7 heteroatoms. The first kappa shape index (κ1) is 15.5. The Bertz CT molecular complexity index is 805. The smallest absolute Gasteiger partial charge is 0.322 e. The molecule has 3 rings (SSSR count). The van der Waals surface area contributed by atoms with Crippen LogP contribution in [0.2, 0.25) is 0 Å². The van der Waals surface area contributed by atoms with Crippen LogP contribution in [-0.2, 0) is 20.0 Å². The second kappa shape index (κ2) is 6.37. The highest BCUT2D eigenvalue weighted by Gasteiger charge is 2.14. The number of aryl methyl sites for hydroxylation is 2. The quantitative estimate of drug-likeness (QED) is 0.799. The molecule has 0 spiro atoms. The molecule has 2 amide bonds. The average molecular weight is 329 g/mol. The van der Waals surface area contributed by atoms with Crippen molar-refractivity contribution in [3.8, 4) is 0 Å². The Kier molecular flexibility index (Phi) is 4.29. The van der Waals surface area contributed by atoms with Crippen LogP contribution in [0.4, 0.5) is 10.7 Å². The molecule has 120 valence electrons. The lowest BCUT2D eigenvalue weighted by molar-refractivity contribution is 0.221. The second-order valence-electron chi connectivity index (χ2n) is 5.37. The number of amides is 2. The van der Waals surface area contributed by atoms with Crippen molar-refractivity contribution in [2.24, 2.45) is 7.05 Å². The average Bonchev–Trinajstić information content (AvgIpc) is 3.09. The van der Waals surface area contributed by atoms with Gasteiger partial charge in [0.15, 0.2) is 0 Å². The fourth-order valence-corrected chi connectivity index (χ4v) is 3.51. The number of nitrogens with one attached hydrogen (secondary N) is 1. The Labute approximate surface area is 138 Å². The predicted molar refractivity (Wildman–Crippen MR) is 92.7 cm³/mol. The number of aromatic nitrogens is 3. The molecule has 0 aliphatic heterocycles. The fourth-order valence-electron chi connectivity index (χ4n) is 2.39. The van der Waals surface area contributed by atoms with E-state index in [4.69, 9.17) is 0 Å². The van der Waals surface area contributed by atoms with E-state index >= 15 is 0 Å². The Hall–Kier alpha value is -2.41. The van der Waals surface area contributed by atoms with E-state index < -0.39 is 0 Å². The van der Waals surface area contributed by atoms with Crippen molar-refractivity contribution in [1.82, 2.24) is 19.7 Å². The van der Waals surface area contributed by atoms with Crippen LogP contribution < -0.4 is 5.32 Å². The standard InChI is InChI=1S/C16H19N5OS/c1-4-14-17-15(19-21(14)3)18-16(22)20(2)10-12-9-11-7-5-6-8-13(11)23-12/h5-9H,4,10H2,1-3H3,(H,18,19,22). The van der Waals surface area contributed by atoms with Crippen molar-refractivity contribution >= 4 is 33.4 Å². The summed E-state index contributed by atoms with van der Waals surface area (Å²) in [6.07, 6.45) is 0.775. The Morgan fingerprint density at radius 3 is 2.87 bits per heavy atom. The molecule has 0 fully saturated rings. The summed E-state index contributed by atoms with van der Waals surface area (Å²) in [5.74, 6) is 1.19. The predicted octanol–water partition coefficient (Wildman–Crippen LogP) is 3.26. The molecule has 0 aliphatic rings. The van der Waals surface area contributed by atoms with Gasteiger partial charge in [-0.15, -0.1) is 16.4 Å². The minimum absolute atomic E-state index is 0.212. The second-order valence-corrected chi connectivity index (χ2v) is 6.53. The van der Waals surface area contributed by atoms with E-state index in [0.29, 0.717) is 12.5 Å². The Morgan fingerprint density at radius 2 is 2.17 bits per heavy atom. The van der Waals surface area contributed by atoms with Crippen molar-refractivity contribution in [2.75, 3.05) is 12.4 Å². The number of nitrogens with zero attached hydrogens (tertiary/aromatic N) is 4. The fraction of sp³-hybridized carbons (Fsp3) is 0.312. The lowest BCUT2D eigenvalue weighted by Crippen LogP contribution is -2.31. The molecule has 23 heavy (non-hydrogen) atoms. The van der Waals surface area contributed by atoms with Crippen molar-refractivity contribution in [1.29, 1.82) is 0 Å². The summed E-state index contributed by atoms with van der Waals surface area (Å²) >= 11 is 1.70. The third-order valence-corrected chi connectivity index (χ3v) is 4.71. The van der Waals surface area contributed by atoms with E-state index in [1.165, 1.54) is 10.1 Å². The SMILES string of the molecule is CCc1nc(NC(=O)N(C)Cc2cc3ccccc3s2)nn1C. The molecule has 0 unspecified atom stereocenters. The molecule has 0 saturated carbocycles. The minimum atomic E-state index is -0.212. The normalized spacial score (nSPS) is 10.9. The summed E-state index contributed by atoms with van der Waals surface area (Å²) in [5.41, 5.74) is 0. The summed E-state index contributed by atoms with van der Waals surface area (Å²) in [5, 5.41) is 8.14. The molecule has 2 heterocycles. The van der Waals surface area contributed by atoms with E-state index in [-0.39, 0.29) is 6.03 Å². The molecule has 0 radical (unpaired) electrons. The molecule has 3 aromatic rings. The summed E-state index contributed by atoms with van der Waals surface area (Å²) < 4.78 is 2.91. The van der Waals surface area contributed by atoms with Crippen LogP contribution in [-0.4, -0.2) is 32.7 Å². The van der Waals surface area contributed by atoms with Gasteiger partial charge in [0.1, 0.15) is 5.82 Å². The molecule has 6 nitrogen and oxygen atoms in total. The van der Waals surface area contributed by atoms with Gasteiger partial charge < -0.3 is 4.90 Å². The van der Waals surface area contributed by atoms with E-state index in [9.17, 15) is 4.79 Å². The molecular formula is C16H19N5OS. The zero-order valence-corrected chi connectivity index (χ0v) is 14.2. The maximum absolute atomic E-state index is 12.3. The summed E-state index contributed by atoms with van der Waals surface area (Å²) in [6, 6.07) is 10.1. The number of urea groups is 1. The summed E-state index contributed by atoms with van der Waals surface area (Å²) in [6.45, 7) is 2.56. The van der Waals surface area contributed by atoms with Crippen LogP contribution in [0.25, 0.3) is 10.1 Å². The lowest BCUT2D eigenvalue weighted by atomic mass is 10.2. The number of carbonyl (C=O) groups is 1. The van der Waals surface area contributed by atoms with Gasteiger partial charge in [0, 0.05) is 30.1 Å². The van der Waals surface area contributed by atoms with Gasteiger partial charge in [-0.25, -0.2) is 4.79 Å². The minimum Gasteiger partial charge on any atom is -0.322 e. The topological polar surface area (TPSA) is 63.1 Å². The van der Waals surface area contributed by atoms with E-state index in [1.807, 2.05) is 26.1 Å². The van der Waals surface area contributed by atoms with E-state index in [0.717, 1.165) is 17.1 Å². The van der Waals surface area contributed by atoms with Gasteiger partial charge in [0.2, 0.25) is 5.95 Å². The zero-order valence-electron chi connectivity index (χ0n) is 13.4. The number of benzene rings is 1. The number of rotatable bonds is 4. The largest absolute Gasteiger partial charge is 0.324 e. The number of thiophene rings is 1. The first-order chi connectivity index (χ1) is 11.1. The third kappa shape index (κ3) is 3.34. The molecule has 2 aromatic heterocycles. The number of anilines is 1. The number of carbonyl (C=O) groups excluding carboxylic acids is 1. The zero-order chi connectivity index (χ0) is 16.4. The van der Waals surface area contributed by atoms with Gasteiger partial charge in [0.25, 0.3) is 0 Å². The highest BCUT2D eigenvalue weighted by atomic mass is 32.1. The van der Waals surface area contributed by atoms with Crippen LogP contribution >= 0.6 is 11.3 Å². The summed E-state index contributed by atoms with van der Waals surface area (Å²) in [7, 11) is 3.59. The molecule has 0 bridgehead atoms. The highest BCUT2D eigenvalue weighted by molar-refractivity contribution is 7.19. The highest BCUT2D eigenvalue weighted by Crippen LogP contribution is 2.26. The van der Waals surface area contributed by atoms with Gasteiger partial charge in [-0.05, 0) is 17.5 Å². The first-order valence-electron chi connectivity index (χ1n) is 7.46. The molecule has 0 saturated heterocycles. The van der Waals surface area contributed by atoms with Crippen LogP contribution in [0, 0.1) is 0 Å². The van der Waals surface area contributed by atoms with Crippen molar-refractivity contribution < 1.29 is 4.79 Å². The number of hydrogen-bond acceptors (Lipinski definition) is 4. The van der Waals surface area contributed by atoms with Crippen LogP contribution in [0.3, 0.4) is 0 Å². The maximum atomic E-state index is 12.3. The number of fused-ring (bicyclic) bond motifs is 1. The van der Waals surface area contributed by atoms with Gasteiger partial charge in [-0.3, -0.25) is 10.00 Å². The summed E-state index contributed by atoms with van der Waals surface area (Å²) in [4.78, 5) is 19.3. The molecule has 1 N–H and O–H groups in total. The Balaban J connectivity index is 1.66. The maximum Gasteiger partial charge on any atom is 0.324 e.